The number of aryl methyl sites for hydroxylation is 1. The topological polar surface area (TPSA) is 35.5 Å². The van der Waals surface area contributed by atoms with Gasteiger partial charge in [-0.2, -0.15) is 0 Å². The number of carbonyl (C=O) groups is 1. The molecule has 0 unspecified atom stereocenters. The number of rotatable bonds is 4. The van der Waals surface area contributed by atoms with Gasteiger partial charge in [0.05, 0.1) is 7.11 Å². The van der Waals surface area contributed by atoms with E-state index in [1.807, 2.05) is 25.1 Å². The first-order valence-corrected chi connectivity index (χ1v) is 5.60. The van der Waals surface area contributed by atoms with Crippen molar-refractivity contribution in [2.75, 3.05) is 7.11 Å². The van der Waals surface area contributed by atoms with Gasteiger partial charge in [0.25, 0.3) is 0 Å². The van der Waals surface area contributed by atoms with Gasteiger partial charge in [0.2, 0.25) is 0 Å². The normalized spacial score (nSPS) is 9.89. The van der Waals surface area contributed by atoms with Gasteiger partial charge < -0.3 is 9.47 Å². The molecule has 92 valence electrons. The largest absolute Gasteiger partial charge is 0.493 e. The van der Waals surface area contributed by atoms with E-state index in [0.29, 0.717) is 22.8 Å². The highest BCUT2D eigenvalue weighted by Gasteiger charge is 2.06. The lowest BCUT2D eigenvalue weighted by molar-refractivity contribution is 0.112. The molecule has 0 N–H and O–H groups in total. The van der Waals surface area contributed by atoms with Crippen LogP contribution in [0.4, 0.5) is 0 Å². The average Bonchev–Trinajstić information content (AvgIpc) is 2.39. The van der Waals surface area contributed by atoms with Crippen LogP contribution in [0.3, 0.4) is 0 Å². The van der Waals surface area contributed by atoms with Crippen molar-refractivity contribution in [1.29, 1.82) is 0 Å². The van der Waals surface area contributed by atoms with Gasteiger partial charge in [0.1, 0.15) is 12.0 Å². The Hall–Kier alpha value is -2.29. The highest BCUT2D eigenvalue weighted by molar-refractivity contribution is 5.75. The van der Waals surface area contributed by atoms with Gasteiger partial charge in [-0.05, 0) is 36.8 Å². The van der Waals surface area contributed by atoms with Crippen molar-refractivity contribution >= 4 is 6.29 Å². The molecule has 0 saturated heterocycles. The number of benzene rings is 2. The molecule has 0 bridgehead atoms. The second-order valence-electron chi connectivity index (χ2n) is 3.95. The predicted octanol–water partition coefficient (Wildman–Crippen LogP) is 3.61. The molecule has 0 aliphatic carbocycles. The van der Waals surface area contributed by atoms with Crippen LogP contribution < -0.4 is 9.47 Å². The van der Waals surface area contributed by atoms with Crippen LogP contribution in [0.2, 0.25) is 0 Å². The van der Waals surface area contributed by atoms with Crippen molar-refractivity contribution < 1.29 is 14.3 Å². The summed E-state index contributed by atoms with van der Waals surface area (Å²) in [5.74, 6) is 1.92. The van der Waals surface area contributed by atoms with Crippen LogP contribution in [-0.2, 0) is 0 Å². The lowest BCUT2D eigenvalue weighted by Crippen LogP contribution is -1.91. The fourth-order valence-electron chi connectivity index (χ4n) is 1.64. The van der Waals surface area contributed by atoms with Crippen LogP contribution in [0.25, 0.3) is 0 Å². The Morgan fingerprint density at radius 2 is 1.89 bits per heavy atom. The molecule has 0 aliphatic heterocycles. The molecule has 3 heteroatoms. The summed E-state index contributed by atoms with van der Waals surface area (Å²) in [5, 5.41) is 0. The number of carbonyl (C=O) groups excluding carboxylic acids is 1. The molecule has 0 aliphatic rings. The summed E-state index contributed by atoms with van der Waals surface area (Å²) in [5.41, 5.74) is 1.66. The molecule has 0 amide bonds. The van der Waals surface area contributed by atoms with E-state index in [1.165, 1.54) is 0 Å². The van der Waals surface area contributed by atoms with Gasteiger partial charge in [-0.3, -0.25) is 4.79 Å². The van der Waals surface area contributed by atoms with Gasteiger partial charge in [-0.15, -0.1) is 0 Å². The third kappa shape index (κ3) is 2.69. The summed E-state index contributed by atoms with van der Waals surface area (Å²) in [7, 11) is 1.60. The highest BCUT2D eigenvalue weighted by Crippen LogP contribution is 2.32. The summed E-state index contributed by atoms with van der Waals surface area (Å²) >= 11 is 0. The number of ether oxygens (including phenoxy) is 2. The van der Waals surface area contributed by atoms with Crippen LogP contribution in [0.15, 0.2) is 42.5 Å². The molecule has 3 nitrogen and oxygen atoms in total. The van der Waals surface area contributed by atoms with Gasteiger partial charge in [0, 0.05) is 5.56 Å². The maximum atomic E-state index is 10.7. The van der Waals surface area contributed by atoms with Gasteiger partial charge in [0.15, 0.2) is 11.5 Å². The van der Waals surface area contributed by atoms with Crippen molar-refractivity contribution in [3.05, 3.63) is 53.6 Å². The SMILES string of the molecule is COc1ccc(C)cc1Oc1cccc(C=O)c1. The minimum atomic E-state index is 0.583. The Morgan fingerprint density at radius 3 is 2.61 bits per heavy atom. The molecule has 2 rings (SSSR count). The van der Waals surface area contributed by atoms with Crippen LogP contribution in [-0.4, -0.2) is 13.4 Å². The summed E-state index contributed by atoms with van der Waals surface area (Å²) in [6.07, 6.45) is 0.792. The van der Waals surface area contributed by atoms with Crippen LogP contribution in [0.1, 0.15) is 15.9 Å². The number of hydrogen-bond donors (Lipinski definition) is 0. The molecule has 2 aromatic carbocycles. The number of methoxy groups -OCH3 is 1. The van der Waals surface area contributed by atoms with Crippen molar-refractivity contribution in [2.24, 2.45) is 0 Å². The standard InChI is InChI=1S/C15H14O3/c1-11-6-7-14(17-2)15(8-11)18-13-5-3-4-12(9-13)10-16/h3-10H,1-2H3. The quantitative estimate of drug-likeness (QED) is 0.768. The van der Waals surface area contributed by atoms with Crippen molar-refractivity contribution in [2.45, 2.75) is 6.92 Å². The van der Waals surface area contributed by atoms with Gasteiger partial charge >= 0.3 is 0 Å². The zero-order valence-corrected chi connectivity index (χ0v) is 10.3. The van der Waals surface area contributed by atoms with E-state index in [0.717, 1.165) is 11.8 Å². The molecular weight excluding hydrogens is 228 g/mol. The molecular formula is C15H14O3. The van der Waals surface area contributed by atoms with Crippen LogP contribution >= 0.6 is 0 Å². The van der Waals surface area contributed by atoms with E-state index >= 15 is 0 Å². The average molecular weight is 242 g/mol. The van der Waals surface area contributed by atoms with Crippen molar-refractivity contribution in [3.8, 4) is 17.2 Å². The van der Waals surface area contributed by atoms with Crippen LogP contribution in [0, 0.1) is 6.92 Å². The van der Waals surface area contributed by atoms with E-state index in [4.69, 9.17) is 9.47 Å². The van der Waals surface area contributed by atoms with E-state index in [-0.39, 0.29) is 0 Å². The zero-order chi connectivity index (χ0) is 13.0. The Bertz CT molecular complexity index is 561. The zero-order valence-electron chi connectivity index (χ0n) is 10.3. The smallest absolute Gasteiger partial charge is 0.169 e. The maximum absolute atomic E-state index is 10.7. The van der Waals surface area contributed by atoms with Crippen LogP contribution in [0.5, 0.6) is 17.2 Å². The number of hydrogen-bond acceptors (Lipinski definition) is 3. The van der Waals surface area contributed by atoms with E-state index in [9.17, 15) is 4.79 Å². The molecule has 2 aromatic rings. The van der Waals surface area contributed by atoms with E-state index in [1.54, 1.807) is 31.4 Å². The number of aldehydes is 1. The lowest BCUT2D eigenvalue weighted by atomic mass is 10.2. The first kappa shape index (κ1) is 12.2. The molecule has 0 saturated carbocycles. The monoisotopic (exact) mass is 242 g/mol. The lowest BCUT2D eigenvalue weighted by Gasteiger charge is -2.11. The molecule has 0 fully saturated rings. The minimum Gasteiger partial charge on any atom is -0.493 e. The first-order valence-electron chi connectivity index (χ1n) is 5.60. The third-order valence-electron chi connectivity index (χ3n) is 2.54. The highest BCUT2D eigenvalue weighted by atomic mass is 16.5. The summed E-state index contributed by atoms with van der Waals surface area (Å²) in [6.45, 7) is 1.98. The molecule has 0 spiro atoms. The van der Waals surface area contributed by atoms with Crippen molar-refractivity contribution in [1.82, 2.24) is 0 Å². The summed E-state index contributed by atoms with van der Waals surface area (Å²) < 4.78 is 11.0. The Labute approximate surface area is 106 Å². The van der Waals surface area contributed by atoms with E-state index in [2.05, 4.69) is 0 Å². The molecule has 0 radical (unpaired) electrons. The van der Waals surface area contributed by atoms with Crippen molar-refractivity contribution in [3.63, 3.8) is 0 Å². The second kappa shape index (κ2) is 5.36. The molecule has 18 heavy (non-hydrogen) atoms. The fraction of sp³-hybridized carbons (Fsp3) is 0.133. The fourth-order valence-corrected chi connectivity index (χ4v) is 1.64. The summed E-state index contributed by atoms with van der Waals surface area (Å²) in [4.78, 5) is 10.7. The molecule has 0 atom stereocenters. The Balaban J connectivity index is 2.32. The van der Waals surface area contributed by atoms with E-state index < -0.39 is 0 Å². The minimum absolute atomic E-state index is 0.583. The Morgan fingerprint density at radius 1 is 1.06 bits per heavy atom. The third-order valence-corrected chi connectivity index (χ3v) is 2.54. The first-order chi connectivity index (χ1) is 8.72. The summed E-state index contributed by atoms with van der Waals surface area (Å²) in [6, 6.07) is 12.7. The van der Waals surface area contributed by atoms with Gasteiger partial charge in [-0.25, -0.2) is 0 Å². The second-order valence-corrected chi connectivity index (χ2v) is 3.95. The van der Waals surface area contributed by atoms with Gasteiger partial charge in [-0.1, -0.05) is 18.2 Å². The predicted molar refractivity (Wildman–Crippen MR) is 69.6 cm³/mol. The maximum Gasteiger partial charge on any atom is 0.169 e. The molecule has 0 heterocycles. The Kier molecular flexibility index (Phi) is 3.63. The molecule has 0 aromatic heterocycles.